The molecule has 0 N–H and O–H groups in total. The van der Waals surface area contributed by atoms with E-state index in [2.05, 4.69) is 102 Å². The van der Waals surface area contributed by atoms with Crippen LogP contribution in [0.25, 0.3) is 0 Å². The van der Waals surface area contributed by atoms with Crippen LogP contribution in [0.2, 0.25) is 0 Å². The SMILES string of the molecule is C=C(C#Cc1ccc(C)cc1)CP(=O)(N(C(C)C)C(C)C)N(C(C)C)C(C)C. The molecule has 0 saturated heterocycles. The number of rotatable bonds is 8. The minimum atomic E-state index is -2.88. The fourth-order valence-electron chi connectivity index (χ4n) is 4.00. The van der Waals surface area contributed by atoms with Crippen molar-refractivity contribution < 1.29 is 4.57 Å². The Morgan fingerprint density at radius 3 is 1.64 bits per heavy atom. The Morgan fingerprint density at radius 2 is 1.29 bits per heavy atom. The van der Waals surface area contributed by atoms with Gasteiger partial charge in [-0.05, 0) is 74.4 Å². The van der Waals surface area contributed by atoms with Crippen molar-refractivity contribution in [2.75, 3.05) is 6.16 Å². The van der Waals surface area contributed by atoms with Crippen molar-refractivity contribution in [3.63, 3.8) is 0 Å². The predicted molar refractivity (Wildman–Crippen MR) is 124 cm³/mol. The van der Waals surface area contributed by atoms with Crippen LogP contribution in [0.15, 0.2) is 36.4 Å². The molecule has 0 aliphatic rings. The molecular formula is C24H39N2OP. The molecule has 1 aromatic carbocycles. The lowest BCUT2D eigenvalue weighted by Gasteiger charge is -2.47. The molecule has 0 radical (unpaired) electrons. The smallest absolute Gasteiger partial charge is 0.222 e. The summed E-state index contributed by atoms with van der Waals surface area (Å²) in [5.41, 5.74) is 2.89. The molecule has 3 nitrogen and oxygen atoms in total. The van der Waals surface area contributed by atoms with E-state index in [-0.39, 0.29) is 24.2 Å². The quantitative estimate of drug-likeness (QED) is 0.375. The second-order valence-corrected chi connectivity index (χ2v) is 11.2. The molecule has 28 heavy (non-hydrogen) atoms. The third kappa shape index (κ3) is 6.35. The highest BCUT2D eigenvalue weighted by Gasteiger charge is 2.42. The molecule has 0 spiro atoms. The number of nitrogens with zero attached hydrogens (tertiary/aromatic N) is 2. The number of allylic oxidation sites excluding steroid dienone is 1. The van der Waals surface area contributed by atoms with E-state index in [1.807, 2.05) is 12.1 Å². The van der Waals surface area contributed by atoms with Crippen molar-refractivity contribution in [2.24, 2.45) is 0 Å². The van der Waals surface area contributed by atoms with Crippen LogP contribution in [0.5, 0.6) is 0 Å². The van der Waals surface area contributed by atoms with Crippen LogP contribution in [-0.4, -0.2) is 39.7 Å². The minimum absolute atomic E-state index is 0.170. The predicted octanol–water partition coefficient (Wildman–Crippen LogP) is 6.33. The molecule has 1 rings (SSSR count). The second kappa shape index (κ2) is 10.4. The van der Waals surface area contributed by atoms with E-state index in [1.165, 1.54) is 5.56 Å². The highest BCUT2D eigenvalue weighted by atomic mass is 31.2. The lowest BCUT2D eigenvalue weighted by Crippen LogP contribution is -2.46. The molecule has 0 heterocycles. The van der Waals surface area contributed by atoms with Crippen molar-refractivity contribution in [2.45, 2.75) is 86.5 Å². The normalized spacial score (nSPS) is 12.4. The molecule has 156 valence electrons. The van der Waals surface area contributed by atoms with Crippen LogP contribution < -0.4 is 0 Å². The Bertz CT molecular complexity index is 711. The lowest BCUT2D eigenvalue weighted by atomic mass is 10.1. The Kier molecular flexibility index (Phi) is 9.22. The molecule has 0 aliphatic carbocycles. The first kappa shape index (κ1) is 24.7. The van der Waals surface area contributed by atoms with Gasteiger partial charge in [-0.25, -0.2) is 9.34 Å². The summed E-state index contributed by atoms with van der Waals surface area (Å²) in [5.74, 6) is 6.35. The highest BCUT2D eigenvalue weighted by molar-refractivity contribution is 7.59. The third-order valence-electron chi connectivity index (χ3n) is 4.67. The van der Waals surface area contributed by atoms with Gasteiger partial charge in [0.25, 0.3) is 0 Å². The maximum absolute atomic E-state index is 14.6. The average molecular weight is 403 g/mol. The lowest BCUT2D eigenvalue weighted by molar-refractivity contribution is 0.226. The maximum Gasteiger partial charge on any atom is 0.222 e. The Balaban J connectivity index is 3.31. The number of hydrogen-bond donors (Lipinski definition) is 0. The van der Waals surface area contributed by atoms with Gasteiger partial charge in [0.1, 0.15) is 0 Å². The number of hydrogen-bond acceptors (Lipinski definition) is 1. The van der Waals surface area contributed by atoms with Crippen LogP contribution in [0.3, 0.4) is 0 Å². The molecule has 0 unspecified atom stereocenters. The van der Waals surface area contributed by atoms with Gasteiger partial charge in [0.15, 0.2) is 0 Å². The molecule has 0 saturated carbocycles. The van der Waals surface area contributed by atoms with E-state index >= 15 is 0 Å². The summed E-state index contributed by atoms with van der Waals surface area (Å²) in [4.78, 5) is 0. The first-order chi connectivity index (χ1) is 12.9. The van der Waals surface area contributed by atoms with Crippen molar-refractivity contribution >= 4 is 7.44 Å². The van der Waals surface area contributed by atoms with E-state index < -0.39 is 7.44 Å². The monoisotopic (exact) mass is 402 g/mol. The van der Waals surface area contributed by atoms with Crippen LogP contribution in [-0.2, 0) is 4.57 Å². The standard InChI is InChI=1S/C24H39N2OP/c1-18(2)25(19(3)4)28(27,26(20(5)6)21(7)8)17-23(10)13-16-24-14-11-22(9)12-15-24/h11-12,14-15,18-21H,10,17H2,1-9H3. The van der Waals surface area contributed by atoms with Crippen LogP contribution in [0.4, 0.5) is 0 Å². The molecule has 1 aromatic rings. The average Bonchev–Trinajstić information content (AvgIpc) is 2.52. The molecule has 0 bridgehead atoms. The van der Waals surface area contributed by atoms with Gasteiger partial charge in [-0.1, -0.05) is 36.1 Å². The summed E-state index contributed by atoms with van der Waals surface area (Å²) < 4.78 is 18.9. The zero-order chi connectivity index (χ0) is 21.6. The first-order valence-corrected chi connectivity index (χ1v) is 12.1. The summed E-state index contributed by atoms with van der Waals surface area (Å²) >= 11 is 0. The van der Waals surface area contributed by atoms with Gasteiger partial charge in [0.05, 0.1) is 6.16 Å². The molecule has 0 aliphatic heterocycles. The van der Waals surface area contributed by atoms with Crippen LogP contribution in [0, 0.1) is 18.8 Å². The van der Waals surface area contributed by atoms with Gasteiger partial charge in [0.2, 0.25) is 7.44 Å². The molecule has 0 amide bonds. The molecule has 0 fully saturated rings. The van der Waals surface area contributed by atoms with Gasteiger partial charge in [-0.2, -0.15) is 0 Å². The summed E-state index contributed by atoms with van der Waals surface area (Å²) in [5, 5.41) is 0. The van der Waals surface area contributed by atoms with Gasteiger partial charge in [-0.3, -0.25) is 4.57 Å². The zero-order valence-electron chi connectivity index (χ0n) is 19.3. The fourth-order valence-corrected chi connectivity index (χ4v) is 8.03. The summed E-state index contributed by atoms with van der Waals surface area (Å²) in [6, 6.07) is 8.81. The fraction of sp³-hybridized carbons (Fsp3) is 0.583. The maximum atomic E-state index is 14.6. The third-order valence-corrected chi connectivity index (χ3v) is 8.75. The summed E-state index contributed by atoms with van der Waals surface area (Å²) in [6.45, 7) is 23.2. The van der Waals surface area contributed by atoms with E-state index in [4.69, 9.17) is 0 Å². The Hall–Kier alpha value is -1.33. The van der Waals surface area contributed by atoms with Crippen LogP contribution >= 0.6 is 7.44 Å². The molecular weight excluding hydrogens is 363 g/mol. The van der Waals surface area contributed by atoms with Gasteiger partial charge in [0, 0.05) is 35.3 Å². The van der Waals surface area contributed by atoms with Gasteiger partial charge >= 0.3 is 0 Å². The van der Waals surface area contributed by atoms with E-state index in [9.17, 15) is 4.57 Å². The van der Waals surface area contributed by atoms with Crippen LogP contribution in [0.1, 0.15) is 66.5 Å². The topological polar surface area (TPSA) is 23.6 Å². The van der Waals surface area contributed by atoms with Crippen molar-refractivity contribution in [1.82, 2.24) is 9.34 Å². The highest BCUT2D eigenvalue weighted by Crippen LogP contribution is 2.58. The summed E-state index contributed by atoms with van der Waals surface area (Å²) in [6.07, 6.45) is 0.387. The van der Waals surface area contributed by atoms with Gasteiger partial charge < -0.3 is 0 Å². The first-order valence-electron chi connectivity index (χ1n) is 10.3. The molecule has 4 heteroatoms. The molecule has 0 aromatic heterocycles. The zero-order valence-corrected chi connectivity index (χ0v) is 20.2. The van der Waals surface area contributed by atoms with E-state index in [1.54, 1.807) is 0 Å². The number of aryl methyl sites for hydroxylation is 1. The van der Waals surface area contributed by atoms with Crippen molar-refractivity contribution in [1.29, 1.82) is 0 Å². The van der Waals surface area contributed by atoms with E-state index in [0.29, 0.717) is 6.16 Å². The van der Waals surface area contributed by atoms with Crippen molar-refractivity contribution in [3.05, 3.63) is 47.5 Å². The molecule has 0 atom stereocenters. The minimum Gasteiger partial charge on any atom is -0.288 e. The summed E-state index contributed by atoms with van der Waals surface area (Å²) in [7, 11) is -2.88. The Morgan fingerprint density at radius 1 is 0.893 bits per heavy atom. The van der Waals surface area contributed by atoms with Crippen molar-refractivity contribution in [3.8, 4) is 11.8 Å². The van der Waals surface area contributed by atoms with Gasteiger partial charge in [-0.15, -0.1) is 0 Å². The Labute approximate surface area is 173 Å². The second-order valence-electron chi connectivity index (χ2n) is 8.68. The number of benzene rings is 1. The largest absolute Gasteiger partial charge is 0.288 e. The van der Waals surface area contributed by atoms with E-state index in [0.717, 1.165) is 11.1 Å².